The molecule has 0 spiro atoms. The summed E-state index contributed by atoms with van der Waals surface area (Å²) in [6, 6.07) is 19.8. The van der Waals surface area contributed by atoms with E-state index in [1.807, 2.05) is 0 Å². The zero-order chi connectivity index (χ0) is 24.8. The zero-order valence-electron chi connectivity index (χ0n) is 18.5. The Labute approximate surface area is 203 Å². The number of hydrazone groups is 1. The van der Waals surface area contributed by atoms with Crippen molar-refractivity contribution in [2.75, 3.05) is 12.9 Å². The summed E-state index contributed by atoms with van der Waals surface area (Å²) in [6.45, 7) is 0. The summed E-state index contributed by atoms with van der Waals surface area (Å²) >= 11 is 1.09. The Morgan fingerprint density at radius 1 is 1.17 bits per heavy atom. The SMILES string of the molecule is COc1ccc(-n2c(SCC(=O)NN=Cc3cccc([N+](=O)[O-])c3)nc3ccccc3c2=O)cc1. The minimum Gasteiger partial charge on any atom is -0.497 e. The number of fused-ring (bicyclic) bond motifs is 1. The van der Waals surface area contributed by atoms with E-state index in [1.165, 1.54) is 29.0 Å². The fourth-order valence-corrected chi connectivity index (χ4v) is 4.03. The molecule has 0 aliphatic heterocycles. The van der Waals surface area contributed by atoms with E-state index < -0.39 is 10.8 Å². The molecule has 0 saturated carbocycles. The van der Waals surface area contributed by atoms with Crippen LogP contribution in [0, 0.1) is 10.1 Å². The summed E-state index contributed by atoms with van der Waals surface area (Å²) in [7, 11) is 1.56. The van der Waals surface area contributed by atoms with Crippen molar-refractivity contribution in [1.29, 1.82) is 0 Å². The average Bonchev–Trinajstić information content (AvgIpc) is 2.88. The number of thioether (sulfide) groups is 1. The summed E-state index contributed by atoms with van der Waals surface area (Å²) in [6.07, 6.45) is 1.32. The molecule has 176 valence electrons. The Morgan fingerprint density at radius 3 is 2.69 bits per heavy atom. The normalized spacial score (nSPS) is 11.0. The van der Waals surface area contributed by atoms with Crippen LogP contribution in [0.1, 0.15) is 5.56 Å². The minimum atomic E-state index is -0.508. The fraction of sp³-hybridized carbons (Fsp3) is 0.0833. The molecule has 0 atom stereocenters. The van der Waals surface area contributed by atoms with Crippen LogP contribution in [0.2, 0.25) is 0 Å². The van der Waals surface area contributed by atoms with E-state index in [4.69, 9.17) is 4.74 Å². The van der Waals surface area contributed by atoms with Gasteiger partial charge in [0.05, 0.1) is 40.6 Å². The van der Waals surface area contributed by atoms with Gasteiger partial charge in [-0.05, 0) is 36.4 Å². The maximum atomic E-state index is 13.3. The summed E-state index contributed by atoms with van der Waals surface area (Å²) in [5, 5.41) is 15.5. The second-order valence-electron chi connectivity index (χ2n) is 7.18. The molecule has 10 nitrogen and oxygen atoms in total. The third kappa shape index (κ3) is 5.53. The monoisotopic (exact) mass is 489 g/mol. The van der Waals surface area contributed by atoms with Gasteiger partial charge in [-0.1, -0.05) is 36.0 Å². The summed E-state index contributed by atoms with van der Waals surface area (Å²) in [5.74, 6) is 0.152. The van der Waals surface area contributed by atoms with Crippen molar-refractivity contribution in [3.8, 4) is 11.4 Å². The van der Waals surface area contributed by atoms with E-state index in [1.54, 1.807) is 61.7 Å². The van der Waals surface area contributed by atoms with E-state index in [0.29, 0.717) is 33.1 Å². The van der Waals surface area contributed by atoms with Crippen LogP contribution in [-0.2, 0) is 4.79 Å². The largest absolute Gasteiger partial charge is 0.497 e. The average molecular weight is 490 g/mol. The molecule has 11 heteroatoms. The van der Waals surface area contributed by atoms with Gasteiger partial charge in [-0.15, -0.1) is 0 Å². The molecular formula is C24H19N5O5S. The highest BCUT2D eigenvalue weighted by atomic mass is 32.2. The lowest BCUT2D eigenvalue weighted by atomic mass is 10.2. The lowest BCUT2D eigenvalue weighted by Crippen LogP contribution is -2.24. The lowest BCUT2D eigenvalue weighted by molar-refractivity contribution is -0.384. The Bertz CT molecular complexity index is 1480. The predicted octanol–water partition coefficient (Wildman–Crippen LogP) is 3.54. The smallest absolute Gasteiger partial charge is 0.270 e. The maximum absolute atomic E-state index is 13.3. The molecule has 1 heterocycles. The van der Waals surface area contributed by atoms with E-state index in [-0.39, 0.29) is 17.0 Å². The number of nitrogens with one attached hydrogen (secondary N) is 1. The van der Waals surface area contributed by atoms with Crippen molar-refractivity contribution in [2.45, 2.75) is 5.16 Å². The lowest BCUT2D eigenvalue weighted by Gasteiger charge is -2.13. The highest BCUT2D eigenvalue weighted by Crippen LogP contribution is 2.22. The minimum absolute atomic E-state index is 0.0623. The topological polar surface area (TPSA) is 129 Å². The Balaban J connectivity index is 1.54. The first-order valence-corrected chi connectivity index (χ1v) is 11.3. The third-order valence-corrected chi connectivity index (χ3v) is 5.83. The van der Waals surface area contributed by atoms with Gasteiger partial charge in [0.25, 0.3) is 17.2 Å². The van der Waals surface area contributed by atoms with Crippen molar-refractivity contribution in [2.24, 2.45) is 5.10 Å². The van der Waals surface area contributed by atoms with E-state index >= 15 is 0 Å². The molecule has 1 amide bonds. The molecule has 1 aromatic heterocycles. The number of non-ortho nitro benzene ring substituents is 1. The number of nitrogens with zero attached hydrogens (tertiary/aromatic N) is 4. The van der Waals surface area contributed by atoms with Gasteiger partial charge in [0.15, 0.2) is 5.16 Å². The van der Waals surface area contributed by atoms with Gasteiger partial charge in [0.2, 0.25) is 0 Å². The first kappa shape index (κ1) is 23.6. The second kappa shape index (κ2) is 10.6. The molecule has 4 rings (SSSR count). The third-order valence-electron chi connectivity index (χ3n) is 4.89. The van der Waals surface area contributed by atoms with Crippen LogP contribution < -0.4 is 15.7 Å². The van der Waals surface area contributed by atoms with Gasteiger partial charge in [-0.2, -0.15) is 5.10 Å². The Hall–Kier alpha value is -4.51. The van der Waals surface area contributed by atoms with Gasteiger partial charge >= 0.3 is 0 Å². The van der Waals surface area contributed by atoms with Crippen molar-refractivity contribution in [1.82, 2.24) is 15.0 Å². The van der Waals surface area contributed by atoms with Gasteiger partial charge in [0, 0.05) is 17.7 Å². The number of carbonyl (C=O) groups is 1. The molecule has 0 aliphatic rings. The number of aromatic nitrogens is 2. The summed E-state index contributed by atoms with van der Waals surface area (Å²) in [4.78, 5) is 40.6. The molecule has 3 aromatic carbocycles. The number of amides is 1. The van der Waals surface area contributed by atoms with E-state index in [9.17, 15) is 19.7 Å². The van der Waals surface area contributed by atoms with Crippen LogP contribution in [0.3, 0.4) is 0 Å². The number of carbonyl (C=O) groups excluding carboxylic acids is 1. The first-order valence-electron chi connectivity index (χ1n) is 10.3. The number of para-hydroxylation sites is 1. The number of methoxy groups -OCH3 is 1. The number of benzene rings is 3. The highest BCUT2D eigenvalue weighted by molar-refractivity contribution is 7.99. The van der Waals surface area contributed by atoms with Crippen LogP contribution in [0.4, 0.5) is 5.69 Å². The fourth-order valence-electron chi connectivity index (χ4n) is 3.23. The van der Waals surface area contributed by atoms with Gasteiger partial charge in [0.1, 0.15) is 5.75 Å². The number of hydrogen-bond acceptors (Lipinski definition) is 8. The molecule has 0 bridgehead atoms. The Morgan fingerprint density at radius 2 is 1.94 bits per heavy atom. The van der Waals surface area contributed by atoms with E-state index in [0.717, 1.165) is 11.8 Å². The first-order chi connectivity index (χ1) is 17.0. The van der Waals surface area contributed by atoms with Gasteiger partial charge < -0.3 is 4.74 Å². The Kier molecular flexibility index (Phi) is 7.17. The zero-order valence-corrected chi connectivity index (χ0v) is 19.3. The van der Waals surface area contributed by atoms with Crippen molar-refractivity contribution >= 4 is 40.5 Å². The van der Waals surface area contributed by atoms with Gasteiger partial charge in [-0.3, -0.25) is 24.3 Å². The molecule has 0 saturated heterocycles. The van der Waals surface area contributed by atoms with Crippen LogP contribution in [0.25, 0.3) is 16.6 Å². The number of hydrogen-bond donors (Lipinski definition) is 1. The van der Waals surface area contributed by atoms with Gasteiger partial charge in [-0.25, -0.2) is 10.4 Å². The van der Waals surface area contributed by atoms with E-state index in [2.05, 4.69) is 15.5 Å². The molecule has 0 radical (unpaired) electrons. The second-order valence-corrected chi connectivity index (χ2v) is 8.13. The standard InChI is InChI=1S/C24H19N5O5S/c1-34-19-11-9-17(10-12-19)28-23(31)20-7-2-3-8-21(20)26-24(28)35-15-22(30)27-25-14-16-5-4-6-18(13-16)29(32)33/h2-14H,15H2,1H3,(H,27,30). The summed E-state index contributed by atoms with van der Waals surface area (Å²) in [5.41, 5.74) is 3.63. The van der Waals surface area contributed by atoms with Crippen LogP contribution in [0.15, 0.2) is 87.8 Å². The van der Waals surface area contributed by atoms with Crippen LogP contribution in [-0.4, -0.2) is 39.5 Å². The number of ether oxygens (including phenoxy) is 1. The number of rotatable bonds is 8. The number of nitro groups is 1. The molecular weight excluding hydrogens is 470 g/mol. The van der Waals surface area contributed by atoms with Crippen molar-refractivity contribution in [3.63, 3.8) is 0 Å². The maximum Gasteiger partial charge on any atom is 0.270 e. The molecule has 0 fully saturated rings. The number of nitro benzene ring substituents is 1. The van der Waals surface area contributed by atoms with Crippen molar-refractivity contribution < 1.29 is 14.5 Å². The molecule has 1 N–H and O–H groups in total. The van der Waals surface area contributed by atoms with Crippen molar-refractivity contribution in [3.05, 3.63) is 98.8 Å². The quantitative estimate of drug-likeness (QED) is 0.132. The molecule has 0 aliphatic carbocycles. The predicted molar refractivity (Wildman–Crippen MR) is 133 cm³/mol. The van der Waals surface area contributed by atoms with Crippen LogP contribution >= 0.6 is 11.8 Å². The van der Waals surface area contributed by atoms with Crippen LogP contribution in [0.5, 0.6) is 5.75 Å². The molecule has 0 unspecified atom stereocenters. The molecule has 4 aromatic rings. The highest BCUT2D eigenvalue weighted by Gasteiger charge is 2.15. The summed E-state index contributed by atoms with van der Waals surface area (Å²) < 4.78 is 6.65. The molecule has 35 heavy (non-hydrogen) atoms.